The predicted molar refractivity (Wildman–Crippen MR) is 65.5 cm³/mol. The first-order valence-electron chi connectivity index (χ1n) is 5.71. The van der Waals surface area contributed by atoms with E-state index in [1.165, 1.54) is 5.57 Å². The Morgan fingerprint density at radius 1 is 1.44 bits per heavy atom. The van der Waals surface area contributed by atoms with E-state index in [0.717, 1.165) is 30.9 Å². The molecule has 2 heterocycles. The minimum atomic E-state index is -0.489. The molecule has 1 aliphatic rings. The van der Waals surface area contributed by atoms with Gasteiger partial charge in [-0.15, -0.1) is 0 Å². The number of hydrogen-bond donors (Lipinski definition) is 1. The molecule has 3 heteroatoms. The van der Waals surface area contributed by atoms with Crippen molar-refractivity contribution in [1.82, 2.24) is 4.98 Å². The lowest BCUT2D eigenvalue weighted by molar-refractivity contribution is 0.194. The summed E-state index contributed by atoms with van der Waals surface area (Å²) in [5.74, 6) is 0. The molecule has 2 rings (SSSR count). The summed E-state index contributed by atoms with van der Waals surface area (Å²) < 4.78 is 0. The van der Waals surface area contributed by atoms with Gasteiger partial charge >= 0.3 is 0 Å². The molecule has 1 unspecified atom stereocenters. The maximum atomic E-state index is 9.38. The Kier molecular flexibility index (Phi) is 3.25. The highest BCUT2D eigenvalue weighted by molar-refractivity contribution is 5.47. The van der Waals surface area contributed by atoms with E-state index in [1.54, 1.807) is 6.92 Å². The number of aromatic nitrogens is 1. The second kappa shape index (κ2) is 4.66. The third-order valence-corrected chi connectivity index (χ3v) is 2.90. The van der Waals surface area contributed by atoms with E-state index in [4.69, 9.17) is 0 Å². The van der Waals surface area contributed by atoms with Crippen molar-refractivity contribution in [2.45, 2.75) is 26.4 Å². The van der Waals surface area contributed by atoms with Gasteiger partial charge in [-0.2, -0.15) is 0 Å². The molecule has 0 amide bonds. The van der Waals surface area contributed by atoms with E-state index in [0.29, 0.717) is 0 Å². The summed E-state index contributed by atoms with van der Waals surface area (Å²) in [6.07, 6.45) is 4.75. The zero-order chi connectivity index (χ0) is 11.5. The number of aliphatic hydroxyl groups is 1. The largest absolute Gasteiger partial charge is 0.387 e. The Labute approximate surface area is 96.4 Å². The standard InChI is InChI=1S/C13H18N2O/c1-10-4-3-7-15(9-10)12-5-6-13(11(2)16)14-8-12/h4-6,8,11,16H,3,7,9H2,1-2H3. The minimum absolute atomic E-state index is 0.489. The van der Waals surface area contributed by atoms with Gasteiger partial charge in [-0.05, 0) is 32.4 Å². The molecule has 1 atom stereocenters. The summed E-state index contributed by atoms with van der Waals surface area (Å²) in [5, 5.41) is 9.38. The third kappa shape index (κ3) is 2.42. The van der Waals surface area contributed by atoms with Crippen molar-refractivity contribution in [3.63, 3.8) is 0 Å². The minimum Gasteiger partial charge on any atom is -0.387 e. The predicted octanol–water partition coefficient (Wildman–Crippen LogP) is 2.29. The van der Waals surface area contributed by atoms with Crippen molar-refractivity contribution in [1.29, 1.82) is 0 Å². The van der Waals surface area contributed by atoms with Gasteiger partial charge in [-0.3, -0.25) is 4.98 Å². The molecular weight excluding hydrogens is 200 g/mol. The van der Waals surface area contributed by atoms with Crippen LogP contribution in [-0.4, -0.2) is 23.2 Å². The van der Waals surface area contributed by atoms with Gasteiger partial charge in [0.1, 0.15) is 0 Å². The summed E-state index contributed by atoms with van der Waals surface area (Å²) in [6, 6.07) is 3.93. The van der Waals surface area contributed by atoms with Crippen LogP contribution in [0.3, 0.4) is 0 Å². The molecule has 86 valence electrons. The molecule has 0 aromatic carbocycles. The Hall–Kier alpha value is -1.35. The average molecular weight is 218 g/mol. The molecule has 0 aliphatic carbocycles. The molecule has 0 bridgehead atoms. The van der Waals surface area contributed by atoms with Gasteiger partial charge < -0.3 is 10.0 Å². The van der Waals surface area contributed by atoms with Gasteiger partial charge in [-0.25, -0.2) is 0 Å². The number of pyridine rings is 1. The smallest absolute Gasteiger partial charge is 0.0931 e. The van der Waals surface area contributed by atoms with E-state index in [2.05, 4.69) is 22.9 Å². The zero-order valence-electron chi connectivity index (χ0n) is 9.85. The van der Waals surface area contributed by atoms with Crippen molar-refractivity contribution < 1.29 is 5.11 Å². The Morgan fingerprint density at radius 2 is 2.25 bits per heavy atom. The summed E-state index contributed by atoms with van der Waals surface area (Å²) in [5.41, 5.74) is 3.27. The fourth-order valence-electron chi connectivity index (χ4n) is 1.96. The second-order valence-electron chi connectivity index (χ2n) is 4.38. The van der Waals surface area contributed by atoms with Crippen LogP contribution >= 0.6 is 0 Å². The van der Waals surface area contributed by atoms with Crippen LogP contribution in [0.25, 0.3) is 0 Å². The summed E-state index contributed by atoms with van der Waals surface area (Å²) in [4.78, 5) is 6.58. The van der Waals surface area contributed by atoms with E-state index in [1.807, 2.05) is 18.3 Å². The van der Waals surface area contributed by atoms with E-state index >= 15 is 0 Å². The van der Waals surface area contributed by atoms with Crippen LogP contribution in [0.2, 0.25) is 0 Å². The first-order valence-corrected chi connectivity index (χ1v) is 5.71. The SMILES string of the molecule is CC1=CCCN(c2ccc(C(C)O)nc2)C1. The number of aliphatic hydroxyl groups excluding tert-OH is 1. The third-order valence-electron chi connectivity index (χ3n) is 2.90. The molecule has 0 radical (unpaired) electrons. The number of hydrogen-bond acceptors (Lipinski definition) is 3. The van der Waals surface area contributed by atoms with Crippen molar-refractivity contribution in [3.8, 4) is 0 Å². The van der Waals surface area contributed by atoms with Crippen molar-refractivity contribution in [2.24, 2.45) is 0 Å². The summed E-state index contributed by atoms with van der Waals surface area (Å²) in [6.45, 7) is 5.92. The lowest BCUT2D eigenvalue weighted by Gasteiger charge is -2.28. The molecule has 16 heavy (non-hydrogen) atoms. The van der Waals surface area contributed by atoms with Crippen LogP contribution in [-0.2, 0) is 0 Å². The molecule has 1 aliphatic heterocycles. The normalized spacial score (nSPS) is 18.2. The lowest BCUT2D eigenvalue weighted by Crippen LogP contribution is -2.29. The van der Waals surface area contributed by atoms with Crippen LogP contribution < -0.4 is 4.90 Å². The lowest BCUT2D eigenvalue weighted by atomic mass is 10.1. The van der Waals surface area contributed by atoms with Crippen molar-refractivity contribution in [3.05, 3.63) is 35.7 Å². The molecule has 0 fully saturated rings. The van der Waals surface area contributed by atoms with E-state index < -0.39 is 6.10 Å². The van der Waals surface area contributed by atoms with Crippen molar-refractivity contribution in [2.75, 3.05) is 18.0 Å². The van der Waals surface area contributed by atoms with Crippen LogP contribution in [0.4, 0.5) is 5.69 Å². The van der Waals surface area contributed by atoms with Gasteiger partial charge in [0.25, 0.3) is 0 Å². The zero-order valence-corrected chi connectivity index (χ0v) is 9.85. The van der Waals surface area contributed by atoms with Crippen LogP contribution in [0, 0.1) is 0 Å². The van der Waals surface area contributed by atoms with Crippen LogP contribution in [0.15, 0.2) is 30.0 Å². The Balaban J connectivity index is 2.13. The molecule has 0 saturated carbocycles. The monoisotopic (exact) mass is 218 g/mol. The van der Waals surface area contributed by atoms with E-state index in [9.17, 15) is 5.11 Å². The highest BCUT2D eigenvalue weighted by atomic mass is 16.3. The fourth-order valence-corrected chi connectivity index (χ4v) is 1.96. The highest BCUT2D eigenvalue weighted by Crippen LogP contribution is 2.20. The van der Waals surface area contributed by atoms with Gasteiger partial charge in [0.15, 0.2) is 0 Å². The Bertz CT molecular complexity index is 381. The molecule has 0 spiro atoms. The van der Waals surface area contributed by atoms with Crippen LogP contribution in [0.5, 0.6) is 0 Å². The van der Waals surface area contributed by atoms with Gasteiger partial charge in [0.2, 0.25) is 0 Å². The quantitative estimate of drug-likeness (QED) is 0.774. The van der Waals surface area contributed by atoms with Gasteiger partial charge in [-0.1, -0.05) is 11.6 Å². The summed E-state index contributed by atoms with van der Waals surface area (Å²) >= 11 is 0. The number of rotatable bonds is 2. The molecule has 1 N–H and O–H groups in total. The van der Waals surface area contributed by atoms with Gasteiger partial charge in [0, 0.05) is 13.1 Å². The van der Waals surface area contributed by atoms with Crippen LogP contribution in [0.1, 0.15) is 32.1 Å². The molecule has 3 nitrogen and oxygen atoms in total. The molecule has 1 aromatic rings. The second-order valence-corrected chi connectivity index (χ2v) is 4.38. The first kappa shape index (κ1) is 11.1. The summed E-state index contributed by atoms with van der Waals surface area (Å²) in [7, 11) is 0. The molecule has 1 aromatic heterocycles. The van der Waals surface area contributed by atoms with Gasteiger partial charge in [0.05, 0.1) is 23.7 Å². The van der Waals surface area contributed by atoms with Crippen molar-refractivity contribution >= 4 is 5.69 Å². The van der Waals surface area contributed by atoms with E-state index in [-0.39, 0.29) is 0 Å². The first-order chi connectivity index (χ1) is 7.66. The average Bonchev–Trinajstić information content (AvgIpc) is 2.29. The fraction of sp³-hybridized carbons (Fsp3) is 0.462. The highest BCUT2D eigenvalue weighted by Gasteiger charge is 2.11. The number of nitrogens with zero attached hydrogens (tertiary/aromatic N) is 2. The maximum Gasteiger partial charge on any atom is 0.0931 e. The number of anilines is 1. The molecular formula is C13H18N2O. The maximum absolute atomic E-state index is 9.38. The topological polar surface area (TPSA) is 36.4 Å². The Morgan fingerprint density at radius 3 is 2.81 bits per heavy atom. The molecule has 0 saturated heterocycles.